The van der Waals surface area contributed by atoms with E-state index in [1.54, 1.807) is 30.5 Å². The molecule has 0 radical (unpaired) electrons. The maximum Gasteiger partial charge on any atom is 0.271 e. The van der Waals surface area contributed by atoms with Crippen LogP contribution >= 0.6 is 0 Å². The summed E-state index contributed by atoms with van der Waals surface area (Å²) in [6, 6.07) is 24.4. The van der Waals surface area contributed by atoms with Gasteiger partial charge in [-0.15, -0.1) is 0 Å². The number of amides is 1. The summed E-state index contributed by atoms with van der Waals surface area (Å²) >= 11 is 0. The fourth-order valence-electron chi connectivity index (χ4n) is 2.49. The van der Waals surface area contributed by atoms with Gasteiger partial charge in [-0.1, -0.05) is 30.3 Å². The van der Waals surface area contributed by atoms with Crippen molar-refractivity contribution < 1.29 is 14.3 Å². The maximum atomic E-state index is 12.2. The summed E-state index contributed by atoms with van der Waals surface area (Å²) in [5.41, 5.74) is 4.99. The molecule has 1 N–H and O–H groups in total. The van der Waals surface area contributed by atoms with Gasteiger partial charge in [-0.05, 0) is 66.6 Å². The highest BCUT2D eigenvalue weighted by Gasteiger charge is 2.04. The van der Waals surface area contributed by atoms with Crippen LogP contribution in [0.2, 0.25) is 0 Å². The zero-order valence-corrected chi connectivity index (χ0v) is 15.7. The maximum absolute atomic E-state index is 12.2. The van der Waals surface area contributed by atoms with Gasteiger partial charge in [0.05, 0.1) is 12.8 Å². The van der Waals surface area contributed by atoms with Crippen molar-refractivity contribution in [3.8, 4) is 11.5 Å². The predicted molar refractivity (Wildman–Crippen MR) is 110 cm³/mol. The smallest absolute Gasteiger partial charge is 0.271 e. The fraction of sp³-hybridized carbons (Fsp3) is 0.130. The Morgan fingerprint density at radius 1 is 0.893 bits per heavy atom. The first-order valence-electron chi connectivity index (χ1n) is 9.07. The largest absolute Gasteiger partial charge is 0.494 e. The Balaban J connectivity index is 1.50. The van der Waals surface area contributed by atoms with Crippen molar-refractivity contribution >= 4 is 12.1 Å². The fourth-order valence-corrected chi connectivity index (χ4v) is 2.49. The van der Waals surface area contributed by atoms with Crippen molar-refractivity contribution in [2.75, 3.05) is 6.61 Å². The lowest BCUT2D eigenvalue weighted by molar-refractivity contribution is 0.0955. The van der Waals surface area contributed by atoms with Gasteiger partial charge in [0.15, 0.2) is 0 Å². The van der Waals surface area contributed by atoms with E-state index in [-0.39, 0.29) is 5.91 Å². The molecule has 0 unspecified atom stereocenters. The van der Waals surface area contributed by atoms with E-state index >= 15 is 0 Å². The Hall–Kier alpha value is -3.60. The number of hydrazone groups is 1. The molecule has 0 atom stereocenters. The van der Waals surface area contributed by atoms with E-state index in [1.807, 2.05) is 61.5 Å². The Kier molecular flexibility index (Phi) is 6.79. The van der Waals surface area contributed by atoms with Crippen LogP contribution in [0, 0.1) is 0 Å². The van der Waals surface area contributed by atoms with Gasteiger partial charge in [-0.25, -0.2) is 5.43 Å². The summed E-state index contributed by atoms with van der Waals surface area (Å²) in [5.74, 6) is 1.23. The summed E-state index contributed by atoms with van der Waals surface area (Å²) < 4.78 is 11.1. The van der Waals surface area contributed by atoms with Crippen LogP contribution in [-0.4, -0.2) is 18.7 Å². The monoisotopic (exact) mass is 374 g/mol. The molecule has 0 aliphatic rings. The van der Waals surface area contributed by atoms with Crippen molar-refractivity contribution in [3.63, 3.8) is 0 Å². The highest BCUT2D eigenvalue weighted by Crippen LogP contribution is 2.14. The number of rotatable bonds is 8. The van der Waals surface area contributed by atoms with E-state index in [4.69, 9.17) is 9.47 Å². The first-order valence-corrected chi connectivity index (χ1v) is 9.07. The van der Waals surface area contributed by atoms with Crippen LogP contribution in [0.1, 0.15) is 28.4 Å². The van der Waals surface area contributed by atoms with E-state index < -0.39 is 0 Å². The number of nitrogens with one attached hydrogen (secondary N) is 1. The normalized spacial score (nSPS) is 10.6. The molecule has 142 valence electrons. The second-order valence-corrected chi connectivity index (χ2v) is 6.00. The van der Waals surface area contributed by atoms with Crippen LogP contribution in [0.15, 0.2) is 84.0 Å². The summed E-state index contributed by atoms with van der Waals surface area (Å²) in [5, 5.41) is 4.00. The van der Waals surface area contributed by atoms with E-state index in [1.165, 1.54) is 0 Å². The lowest BCUT2D eigenvalue weighted by atomic mass is 10.2. The number of carbonyl (C=O) groups is 1. The van der Waals surface area contributed by atoms with Gasteiger partial charge in [0.2, 0.25) is 0 Å². The lowest BCUT2D eigenvalue weighted by Crippen LogP contribution is -2.17. The lowest BCUT2D eigenvalue weighted by Gasteiger charge is -2.07. The van der Waals surface area contributed by atoms with Crippen LogP contribution in [0.25, 0.3) is 0 Å². The Bertz CT molecular complexity index is 905. The minimum absolute atomic E-state index is 0.281. The molecular formula is C23H22N2O3. The van der Waals surface area contributed by atoms with Crippen molar-refractivity contribution in [1.82, 2.24) is 5.43 Å². The first kappa shape index (κ1) is 19.2. The summed E-state index contributed by atoms with van der Waals surface area (Å²) in [6.07, 6.45) is 1.59. The Morgan fingerprint density at radius 3 is 2.21 bits per heavy atom. The van der Waals surface area contributed by atoms with Gasteiger partial charge in [0.25, 0.3) is 5.91 Å². The SMILES string of the molecule is CCOc1ccc(C=NNC(=O)c2ccc(OCc3ccccc3)cc2)cc1. The van der Waals surface area contributed by atoms with Crippen LogP contribution < -0.4 is 14.9 Å². The third-order valence-corrected chi connectivity index (χ3v) is 3.94. The predicted octanol–water partition coefficient (Wildman–Crippen LogP) is 4.43. The molecule has 3 aromatic rings. The van der Waals surface area contributed by atoms with E-state index in [2.05, 4.69) is 10.5 Å². The standard InChI is InChI=1S/C23H22N2O3/c1-2-27-21-12-8-18(9-13-21)16-24-25-23(26)20-10-14-22(15-11-20)28-17-19-6-4-3-5-7-19/h3-16H,2,17H2,1H3,(H,25,26). The van der Waals surface area contributed by atoms with Crippen molar-refractivity contribution in [2.45, 2.75) is 13.5 Å². The minimum atomic E-state index is -0.281. The van der Waals surface area contributed by atoms with Crippen LogP contribution in [-0.2, 0) is 6.61 Å². The Labute approximate surface area is 164 Å². The summed E-state index contributed by atoms with van der Waals surface area (Å²) in [7, 11) is 0. The molecule has 3 aromatic carbocycles. The van der Waals surface area contributed by atoms with Crippen molar-refractivity contribution in [3.05, 3.63) is 95.6 Å². The number of nitrogens with zero attached hydrogens (tertiary/aromatic N) is 1. The third kappa shape index (κ3) is 5.71. The zero-order valence-electron chi connectivity index (χ0n) is 15.7. The van der Waals surface area contributed by atoms with Crippen molar-refractivity contribution in [1.29, 1.82) is 0 Å². The van der Waals surface area contributed by atoms with Crippen molar-refractivity contribution in [2.24, 2.45) is 5.10 Å². The summed E-state index contributed by atoms with van der Waals surface area (Å²) in [4.78, 5) is 12.2. The quantitative estimate of drug-likeness (QED) is 0.469. The molecule has 0 fully saturated rings. The topological polar surface area (TPSA) is 59.9 Å². The molecule has 0 saturated carbocycles. The molecule has 0 aliphatic heterocycles. The molecule has 3 rings (SSSR count). The van der Waals surface area contributed by atoms with Gasteiger partial charge in [-0.2, -0.15) is 5.10 Å². The number of ether oxygens (including phenoxy) is 2. The van der Waals surface area contributed by atoms with Gasteiger partial charge in [-0.3, -0.25) is 4.79 Å². The van der Waals surface area contributed by atoms with Gasteiger partial charge >= 0.3 is 0 Å². The van der Waals surface area contributed by atoms with Crippen LogP contribution in [0.4, 0.5) is 0 Å². The van der Waals surface area contributed by atoms with Crippen LogP contribution in [0.5, 0.6) is 11.5 Å². The molecule has 5 nitrogen and oxygen atoms in total. The van der Waals surface area contributed by atoms with Crippen LogP contribution in [0.3, 0.4) is 0 Å². The average molecular weight is 374 g/mol. The highest BCUT2D eigenvalue weighted by atomic mass is 16.5. The molecule has 28 heavy (non-hydrogen) atoms. The molecule has 1 amide bonds. The third-order valence-electron chi connectivity index (χ3n) is 3.94. The summed E-state index contributed by atoms with van der Waals surface area (Å²) in [6.45, 7) is 3.05. The molecule has 0 saturated heterocycles. The average Bonchev–Trinajstić information content (AvgIpc) is 2.75. The molecule has 0 bridgehead atoms. The van der Waals surface area contributed by atoms with Gasteiger partial charge in [0, 0.05) is 5.56 Å². The number of hydrogen-bond acceptors (Lipinski definition) is 4. The number of hydrogen-bond donors (Lipinski definition) is 1. The van der Waals surface area contributed by atoms with E-state index in [0.717, 1.165) is 16.9 Å². The molecule has 0 aromatic heterocycles. The van der Waals surface area contributed by atoms with Gasteiger partial charge < -0.3 is 9.47 Å². The molecule has 0 spiro atoms. The number of benzene rings is 3. The molecule has 0 aliphatic carbocycles. The second kappa shape index (κ2) is 9.92. The Morgan fingerprint density at radius 2 is 1.54 bits per heavy atom. The van der Waals surface area contributed by atoms with Gasteiger partial charge in [0.1, 0.15) is 18.1 Å². The van der Waals surface area contributed by atoms with E-state index in [9.17, 15) is 4.79 Å². The molecular weight excluding hydrogens is 352 g/mol. The second-order valence-electron chi connectivity index (χ2n) is 6.00. The zero-order chi connectivity index (χ0) is 19.6. The minimum Gasteiger partial charge on any atom is -0.494 e. The first-order chi connectivity index (χ1) is 13.7. The van der Waals surface area contributed by atoms with E-state index in [0.29, 0.717) is 24.5 Å². The highest BCUT2D eigenvalue weighted by molar-refractivity contribution is 5.95. The molecule has 0 heterocycles. The number of carbonyl (C=O) groups excluding carboxylic acids is 1. The molecule has 5 heteroatoms.